The molecule has 0 bridgehead atoms. The van der Waals surface area contributed by atoms with Gasteiger partial charge in [-0.3, -0.25) is 14.2 Å². The van der Waals surface area contributed by atoms with Crippen LogP contribution in [0.3, 0.4) is 0 Å². The predicted molar refractivity (Wildman–Crippen MR) is 120 cm³/mol. The van der Waals surface area contributed by atoms with Gasteiger partial charge in [0.05, 0.1) is 16.2 Å². The van der Waals surface area contributed by atoms with E-state index in [1.807, 2.05) is 36.1 Å². The molecule has 1 fully saturated rings. The molecule has 6 heteroatoms. The molecule has 158 valence electrons. The molecule has 1 amide bonds. The first-order chi connectivity index (χ1) is 13.9. The van der Waals surface area contributed by atoms with Gasteiger partial charge in [0.1, 0.15) is 0 Å². The lowest BCUT2D eigenvalue weighted by molar-refractivity contribution is -0.133. The van der Waals surface area contributed by atoms with Crippen LogP contribution in [0.25, 0.3) is 10.9 Å². The maximum atomic E-state index is 13.2. The van der Waals surface area contributed by atoms with Crippen molar-refractivity contribution in [3.8, 4) is 0 Å². The lowest BCUT2D eigenvalue weighted by Gasteiger charge is -2.35. The van der Waals surface area contributed by atoms with E-state index in [0.29, 0.717) is 34.6 Å². The Labute approximate surface area is 177 Å². The van der Waals surface area contributed by atoms with Crippen molar-refractivity contribution in [3.05, 3.63) is 34.6 Å². The Balaban J connectivity index is 1.89. The minimum absolute atomic E-state index is 0.0222. The average molecular weight is 416 g/mol. The molecule has 1 saturated carbocycles. The Hall–Kier alpha value is -1.82. The third-order valence-electron chi connectivity index (χ3n) is 5.64. The number of amides is 1. The van der Waals surface area contributed by atoms with E-state index < -0.39 is 0 Å². The number of benzene rings is 1. The molecule has 2 aromatic rings. The summed E-state index contributed by atoms with van der Waals surface area (Å²) in [6, 6.07) is 7.81. The van der Waals surface area contributed by atoms with Crippen molar-refractivity contribution in [2.45, 2.75) is 82.8 Å². The molecule has 0 spiro atoms. The zero-order chi connectivity index (χ0) is 21.0. The summed E-state index contributed by atoms with van der Waals surface area (Å²) in [6.07, 6.45) is 5.88. The van der Waals surface area contributed by atoms with Crippen LogP contribution in [0.4, 0.5) is 0 Å². The third-order valence-corrected chi connectivity index (χ3v) is 6.72. The number of fused-ring (bicyclic) bond motifs is 1. The second kappa shape index (κ2) is 9.79. The standard InChI is InChI=1S/C23H33N3O2S/c1-5-25(18-11-7-6-8-12-18)21(27)17(4)29-23-24-20-14-10-9-13-19(20)22(28)26(23)15-16(2)3/h9-10,13-14,16-18H,5-8,11-12,15H2,1-4H3/t17-/m0/s1. The molecule has 0 unspecified atom stereocenters. The van der Waals surface area contributed by atoms with Gasteiger partial charge in [-0.15, -0.1) is 0 Å². The van der Waals surface area contributed by atoms with Crippen molar-refractivity contribution >= 4 is 28.6 Å². The fourth-order valence-electron chi connectivity index (χ4n) is 4.19. The van der Waals surface area contributed by atoms with Crippen molar-refractivity contribution in [3.63, 3.8) is 0 Å². The van der Waals surface area contributed by atoms with Gasteiger partial charge >= 0.3 is 0 Å². The lowest BCUT2D eigenvalue weighted by Crippen LogP contribution is -2.44. The van der Waals surface area contributed by atoms with Crippen LogP contribution in [0.15, 0.2) is 34.2 Å². The Morgan fingerprint density at radius 1 is 1.21 bits per heavy atom. The Bertz CT molecular complexity index is 903. The van der Waals surface area contributed by atoms with E-state index >= 15 is 0 Å². The molecular weight excluding hydrogens is 382 g/mol. The molecule has 0 radical (unpaired) electrons. The summed E-state index contributed by atoms with van der Waals surface area (Å²) in [6.45, 7) is 9.52. The number of thioether (sulfide) groups is 1. The highest BCUT2D eigenvalue weighted by Gasteiger charge is 2.29. The minimum atomic E-state index is -0.275. The molecule has 1 aromatic carbocycles. The lowest BCUT2D eigenvalue weighted by atomic mass is 9.94. The Kier molecular flexibility index (Phi) is 7.38. The van der Waals surface area contributed by atoms with E-state index in [1.54, 1.807) is 4.57 Å². The molecule has 1 atom stereocenters. The van der Waals surface area contributed by atoms with E-state index in [4.69, 9.17) is 4.98 Å². The van der Waals surface area contributed by atoms with Gasteiger partial charge in [-0.1, -0.05) is 57.0 Å². The minimum Gasteiger partial charge on any atom is -0.339 e. The zero-order valence-electron chi connectivity index (χ0n) is 18.1. The molecule has 5 nitrogen and oxygen atoms in total. The number of carbonyl (C=O) groups is 1. The fourth-order valence-corrected chi connectivity index (χ4v) is 5.18. The van der Waals surface area contributed by atoms with Gasteiger partial charge < -0.3 is 4.90 Å². The van der Waals surface area contributed by atoms with Crippen LogP contribution in [-0.2, 0) is 11.3 Å². The highest BCUT2D eigenvalue weighted by Crippen LogP contribution is 2.28. The number of para-hydroxylation sites is 1. The number of rotatable bonds is 7. The molecule has 0 N–H and O–H groups in total. The van der Waals surface area contributed by atoms with E-state index in [0.717, 1.165) is 19.4 Å². The smallest absolute Gasteiger partial charge is 0.262 e. The largest absolute Gasteiger partial charge is 0.339 e. The van der Waals surface area contributed by atoms with Crippen molar-refractivity contribution in [2.24, 2.45) is 5.92 Å². The first kappa shape index (κ1) is 21.9. The van der Waals surface area contributed by atoms with Crippen LogP contribution in [0, 0.1) is 5.92 Å². The van der Waals surface area contributed by atoms with Gasteiger partial charge in [0, 0.05) is 19.1 Å². The molecule has 1 aliphatic carbocycles. The van der Waals surface area contributed by atoms with E-state index in [9.17, 15) is 9.59 Å². The maximum absolute atomic E-state index is 13.2. The quantitative estimate of drug-likeness (QED) is 0.485. The number of carbonyl (C=O) groups excluding carboxylic acids is 1. The second-order valence-electron chi connectivity index (χ2n) is 8.40. The number of nitrogens with zero attached hydrogens (tertiary/aromatic N) is 3. The van der Waals surface area contributed by atoms with Gasteiger partial charge in [0.2, 0.25) is 5.91 Å². The van der Waals surface area contributed by atoms with Gasteiger partial charge in [0.25, 0.3) is 5.56 Å². The zero-order valence-corrected chi connectivity index (χ0v) is 18.9. The van der Waals surface area contributed by atoms with Crippen molar-refractivity contribution < 1.29 is 4.79 Å². The third kappa shape index (κ3) is 5.03. The summed E-state index contributed by atoms with van der Waals surface area (Å²) in [5.74, 6) is 0.471. The van der Waals surface area contributed by atoms with Crippen molar-refractivity contribution in [2.75, 3.05) is 6.54 Å². The molecular formula is C23H33N3O2S. The summed E-state index contributed by atoms with van der Waals surface area (Å²) in [4.78, 5) is 33.1. The van der Waals surface area contributed by atoms with Crippen molar-refractivity contribution in [1.82, 2.24) is 14.5 Å². The number of aromatic nitrogens is 2. The van der Waals surface area contributed by atoms with Gasteiger partial charge in [0.15, 0.2) is 5.16 Å². The first-order valence-corrected chi connectivity index (χ1v) is 11.8. The monoisotopic (exact) mass is 415 g/mol. The predicted octanol–water partition coefficient (Wildman–Crippen LogP) is 4.71. The molecule has 29 heavy (non-hydrogen) atoms. The Morgan fingerprint density at radius 3 is 2.55 bits per heavy atom. The topological polar surface area (TPSA) is 55.2 Å². The summed E-state index contributed by atoms with van der Waals surface area (Å²) in [5, 5.41) is 1.00. The second-order valence-corrected chi connectivity index (χ2v) is 9.71. The van der Waals surface area contributed by atoms with E-state index in [2.05, 4.69) is 20.8 Å². The average Bonchev–Trinajstić information content (AvgIpc) is 2.72. The first-order valence-electron chi connectivity index (χ1n) is 10.9. The van der Waals surface area contributed by atoms with Crippen LogP contribution in [-0.4, -0.2) is 38.2 Å². The summed E-state index contributed by atoms with van der Waals surface area (Å²) in [5.41, 5.74) is 0.672. The summed E-state index contributed by atoms with van der Waals surface area (Å²) in [7, 11) is 0. The van der Waals surface area contributed by atoms with Crippen LogP contribution >= 0.6 is 11.8 Å². The SMILES string of the molecule is CCN(C(=O)[C@H](C)Sc1nc2ccccc2c(=O)n1CC(C)C)C1CCCCC1. The van der Waals surface area contributed by atoms with Gasteiger partial charge in [-0.05, 0) is 44.7 Å². The van der Waals surface area contributed by atoms with Crippen LogP contribution in [0.1, 0.15) is 59.8 Å². The van der Waals surface area contributed by atoms with E-state index in [1.165, 1.54) is 31.0 Å². The summed E-state index contributed by atoms with van der Waals surface area (Å²) < 4.78 is 1.75. The molecule has 1 aliphatic rings. The highest BCUT2D eigenvalue weighted by atomic mass is 32.2. The number of hydrogen-bond donors (Lipinski definition) is 0. The van der Waals surface area contributed by atoms with Crippen molar-refractivity contribution in [1.29, 1.82) is 0 Å². The maximum Gasteiger partial charge on any atom is 0.262 e. The Morgan fingerprint density at radius 2 is 1.90 bits per heavy atom. The molecule has 0 saturated heterocycles. The van der Waals surface area contributed by atoms with Crippen LogP contribution in [0.2, 0.25) is 0 Å². The van der Waals surface area contributed by atoms with Gasteiger partial charge in [-0.2, -0.15) is 0 Å². The molecule has 1 aromatic heterocycles. The molecule has 1 heterocycles. The summed E-state index contributed by atoms with van der Waals surface area (Å²) >= 11 is 1.42. The van der Waals surface area contributed by atoms with Crippen LogP contribution < -0.4 is 5.56 Å². The normalized spacial score (nSPS) is 16.3. The molecule has 0 aliphatic heterocycles. The number of hydrogen-bond acceptors (Lipinski definition) is 4. The highest BCUT2D eigenvalue weighted by molar-refractivity contribution is 8.00. The van der Waals surface area contributed by atoms with E-state index in [-0.39, 0.29) is 16.7 Å². The molecule has 3 rings (SSSR count). The van der Waals surface area contributed by atoms with Gasteiger partial charge in [-0.25, -0.2) is 4.98 Å². The fraction of sp³-hybridized carbons (Fsp3) is 0.609. The van der Waals surface area contributed by atoms with Crippen LogP contribution in [0.5, 0.6) is 0 Å².